The lowest BCUT2D eigenvalue weighted by atomic mass is 10.2. The Morgan fingerprint density at radius 3 is 3.10 bits per heavy atom. The van der Waals surface area contributed by atoms with Crippen molar-refractivity contribution >= 4 is 22.6 Å². The van der Waals surface area contributed by atoms with Crippen LogP contribution in [0.15, 0.2) is 22.7 Å². The fourth-order valence-electron chi connectivity index (χ4n) is 2.21. The second kappa shape index (κ2) is 5.74. The van der Waals surface area contributed by atoms with Crippen molar-refractivity contribution in [1.29, 1.82) is 0 Å². The predicted octanol–water partition coefficient (Wildman–Crippen LogP) is 2.06. The summed E-state index contributed by atoms with van der Waals surface area (Å²) < 4.78 is 19.4. The average molecular weight is 388 g/mol. The summed E-state index contributed by atoms with van der Waals surface area (Å²) in [7, 11) is 2.03. The van der Waals surface area contributed by atoms with Gasteiger partial charge in [0.15, 0.2) is 5.82 Å². The zero-order valence-corrected chi connectivity index (χ0v) is 13.1. The minimum atomic E-state index is -0.278. The molecule has 1 aliphatic heterocycles. The van der Waals surface area contributed by atoms with E-state index in [9.17, 15) is 4.39 Å². The van der Waals surface area contributed by atoms with Gasteiger partial charge in [-0.05, 0) is 47.8 Å². The van der Waals surface area contributed by atoms with E-state index >= 15 is 0 Å². The second-order valence-electron chi connectivity index (χ2n) is 4.79. The molecule has 20 heavy (non-hydrogen) atoms. The summed E-state index contributed by atoms with van der Waals surface area (Å²) in [5.41, 5.74) is 0.605. The lowest BCUT2D eigenvalue weighted by Crippen LogP contribution is -2.44. The van der Waals surface area contributed by atoms with Crippen molar-refractivity contribution in [3.63, 3.8) is 0 Å². The third-order valence-corrected chi connectivity index (χ3v) is 4.29. The summed E-state index contributed by atoms with van der Waals surface area (Å²) in [4.78, 5) is 6.58. The Hall–Kier alpha value is -1.06. The molecular weight excluding hydrogens is 374 g/mol. The van der Waals surface area contributed by atoms with E-state index in [2.05, 4.69) is 20.4 Å². The Bertz CT molecular complexity index is 618. The molecule has 1 aromatic heterocycles. The first-order valence-corrected chi connectivity index (χ1v) is 7.43. The van der Waals surface area contributed by atoms with Crippen molar-refractivity contribution < 1.29 is 8.91 Å². The summed E-state index contributed by atoms with van der Waals surface area (Å²) in [6, 6.07) is 4.99. The largest absolute Gasteiger partial charge is 0.334 e. The molecular formula is C13H14FIN4O. The number of benzene rings is 1. The Morgan fingerprint density at radius 2 is 2.35 bits per heavy atom. The molecule has 1 saturated heterocycles. The van der Waals surface area contributed by atoms with Crippen LogP contribution in [0.4, 0.5) is 4.39 Å². The Labute approximate surface area is 129 Å². The van der Waals surface area contributed by atoms with Crippen LogP contribution in [-0.2, 0) is 0 Å². The molecule has 1 aliphatic rings. The van der Waals surface area contributed by atoms with Crippen LogP contribution in [0.5, 0.6) is 0 Å². The van der Waals surface area contributed by atoms with Gasteiger partial charge in [0, 0.05) is 28.8 Å². The van der Waals surface area contributed by atoms with Gasteiger partial charge in [0.25, 0.3) is 5.89 Å². The van der Waals surface area contributed by atoms with Crippen molar-refractivity contribution in [1.82, 2.24) is 20.4 Å². The van der Waals surface area contributed by atoms with E-state index in [1.807, 2.05) is 29.6 Å². The molecule has 5 nitrogen and oxygen atoms in total. The fourth-order valence-corrected chi connectivity index (χ4v) is 2.55. The molecule has 1 fully saturated rings. The van der Waals surface area contributed by atoms with E-state index in [-0.39, 0.29) is 11.9 Å². The van der Waals surface area contributed by atoms with Crippen LogP contribution >= 0.6 is 22.6 Å². The number of nitrogens with one attached hydrogen (secondary N) is 1. The molecule has 0 aliphatic carbocycles. The van der Waals surface area contributed by atoms with E-state index in [0.29, 0.717) is 20.8 Å². The van der Waals surface area contributed by atoms with Crippen molar-refractivity contribution in [2.45, 2.75) is 6.04 Å². The Balaban J connectivity index is 1.87. The average Bonchev–Trinajstić information content (AvgIpc) is 2.92. The lowest BCUT2D eigenvalue weighted by Gasteiger charge is -2.30. The van der Waals surface area contributed by atoms with Crippen LogP contribution in [0.25, 0.3) is 11.5 Å². The minimum absolute atomic E-state index is 0.0925. The molecule has 0 amide bonds. The molecule has 3 rings (SSSR count). The molecule has 7 heteroatoms. The molecule has 0 bridgehead atoms. The van der Waals surface area contributed by atoms with E-state index in [1.165, 1.54) is 6.07 Å². The predicted molar refractivity (Wildman–Crippen MR) is 80.6 cm³/mol. The number of nitrogens with zero attached hydrogens (tertiary/aromatic N) is 3. The van der Waals surface area contributed by atoms with E-state index in [0.717, 1.165) is 19.6 Å². The fraction of sp³-hybridized carbons (Fsp3) is 0.385. The van der Waals surface area contributed by atoms with Gasteiger partial charge in [0.1, 0.15) is 5.82 Å². The maximum Gasteiger partial charge on any atom is 0.258 e. The molecule has 1 N–H and O–H groups in total. The molecule has 2 heterocycles. The van der Waals surface area contributed by atoms with Crippen LogP contribution in [-0.4, -0.2) is 41.7 Å². The van der Waals surface area contributed by atoms with Crippen LogP contribution in [0.3, 0.4) is 0 Å². The van der Waals surface area contributed by atoms with Gasteiger partial charge in [-0.25, -0.2) is 4.39 Å². The van der Waals surface area contributed by atoms with Crippen LogP contribution < -0.4 is 5.32 Å². The zero-order chi connectivity index (χ0) is 14.1. The summed E-state index contributed by atoms with van der Waals surface area (Å²) in [5, 5.41) is 7.33. The molecule has 0 radical (unpaired) electrons. The van der Waals surface area contributed by atoms with Gasteiger partial charge < -0.3 is 9.84 Å². The van der Waals surface area contributed by atoms with Crippen molar-refractivity contribution in [2.24, 2.45) is 0 Å². The number of halogens is 2. The first-order valence-electron chi connectivity index (χ1n) is 6.35. The number of hydrogen-bond donors (Lipinski definition) is 1. The van der Waals surface area contributed by atoms with Gasteiger partial charge >= 0.3 is 0 Å². The van der Waals surface area contributed by atoms with E-state index in [1.54, 1.807) is 12.1 Å². The smallest absolute Gasteiger partial charge is 0.258 e. The molecule has 106 valence electrons. The number of piperazine rings is 1. The van der Waals surface area contributed by atoms with Crippen molar-refractivity contribution in [3.8, 4) is 11.5 Å². The quantitative estimate of drug-likeness (QED) is 0.799. The number of rotatable bonds is 2. The van der Waals surface area contributed by atoms with Gasteiger partial charge in [-0.15, -0.1) is 0 Å². The lowest BCUT2D eigenvalue weighted by molar-refractivity contribution is 0.190. The zero-order valence-electron chi connectivity index (χ0n) is 10.9. The maximum absolute atomic E-state index is 13.6. The Morgan fingerprint density at radius 1 is 1.50 bits per heavy atom. The highest BCUT2D eigenvalue weighted by molar-refractivity contribution is 14.1. The van der Waals surface area contributed by atoms with Crippen LogP contribution in [0.1, 0.15) is 11.9 Å². The first-order chi connectivity index (χ1) is 9.65. The second-order valence-corrected chi connectivity index (χ2v) is 5.95. The topological polar surface area (TPSA) is 54.2 Å². The molecule has 2 aromatic rings. The van der Waals surface area contributed by atoms with Gasteiger partial charge in [0.05, 0.1) is 6.04 Å². The van der Waals surface area contributed by atoms with Crippen molar-refractivity contribution in [3.05, 3.63) is 33.4 Å². The van der Waals surface area contributed by atoms with Gasteiger partial charge in [-0.3, -0.25) is 4.90 Å². The third-order valence-electron chi connectivity index (χ3n) is 3.42. The number of aromatic nitrogens is 2. The highest BCUT2D eigenvalue weighted by atomic mass is 127. The molecule has 1 aromatic carbocycles. The molecule has 0 spiro atoms. The van der Waals surface area contributed by atoms with E-state index in [4.69, 9.17) is 4.52 Å². The normalized spacial score (nSPS) is 20.2. The minimum Gasteiger partial charge on any atom is -0.334 e. The van der Waals surface area contributed by atoms with Crippen LogP contribution in [0, 0.1) is 9.39 Å². The molecule has 1 unspecified atom stereocenters. The van der Waals surface area contributed by atoms with Crippen LogP contribution in [0.2, 0.25) is 0 Å². The summed E-state index contributed by atoms with van der Waals surface area (Å²) >= 11 is 1.95. The SMILES string of the molecule is CN1CCNCC1c1noc(-c2ccc(I)c(F)c2)n1. The van der Waals surface area contributed by atoms with Gasteiger partial charge in [0.2, 0.25) is 0 Å². The standard InChI is InChI=1S/C13H14FIN4O/c1-19-5-4-16-7-11(19)12-17-13(20-18-12)8-2-3-10(15)9(14)6-8/h2-3,6,11,16H,4-5,7H2,1H3. The van der Waals surface area contributed by atoms with Crippen molar-refractivity contribution in [2.75, 3.05) is 26.7 Å². The summed E-state index contributed by atoms with van der Waals surface area (Å²) in [6.45, 7) is 2.68. The monoisotopic (exact) mass is 388 g/mol. The van der Waals surface area contributed by atoms with E-state index < -0.39 is 0 Å². The Kier molecular flexibility index (Phi) is 3.99. The highest BCUT2D eigenvalue weighted by Gasteiger charge is 2.25. The van der Waals surface area contributed by atoms with Gasteiger partial charge in [-0.1, -0.05) is 5.16 Å². The number of likely N-dealkylation sites (N-methyl/N-ethyl adjacent to an activating group) is 1. The summed E-state index contributed by atoms with van der Waals surface area (Å²) in [5.74, 6) is 0.710. The van der Waals surface area contributed by atoms with Gasteiger partial charge in [-0.2, -0.15) is 4.98 Å². The number of hydrogen-bond acceptors (Lipinski definition) is 5. The summed E-state index contributed by atoms with van der Waals surface area (Å²) in [6.07, 6.45) is 0. The first kappa shape index (κ1) is 13.9. The molecule has 0 saturated carbocycles. The third kappa shape index (κ3) is 2.70. The molecule has 1 atom stereocenters. The highest BCUT2D eigenvalue weighted by Crippen LogP contribution is 2.24. The maximum atomic E-state index is 13.6.